The lowest BCUT2D eigenvalue weighted by Gasteiger charge is -2.18. The quantitative estimate of drug-likeness (QED) is 0.0548. The van der Waals surface area contributed by atoms with E-state index in [1.807, 2.05) is 30.3 Å². The molecule has 0 bridgehead atoms. The van der Waals surface area contributed by atoms with Crippen LogP contribution in [0.15, 0.2) is 138 Å². The zero-order valence-electron chi connectivity index (χ0n) is 24.9. The molecular weight excluding hydrogens is 671 g/mol. The molecule has 5 aromatic rings. The Labute approximate surface area is 290 Å². The Balaban J connectivity index is 1.39. The third kappa shape index (κ3) is 9.10. The normalized spacial score (nSPS) is 11.7. The highest BCUT2D eigenvalue weighted by molar-refractivity contribution is 8.00. The van der Waals surface area contributed by atoms with Gasteiger partial charge in [0.1, 0.15) is 10.9 Å². The highest BCUT2D eigenvalue weighted by Gasteiger charge is 2.24. The molecule has 1 atom stereocenters. The Hall–Kier alpha value is -5.42. The summed E-state index contributed by atoms with van der Waals surface area (Å²) in [5.74, 6) is -1.48. The Morgan fingerprint density at radius 3 is 2.15 bits per heavy atom. The maximum atomic E-state index is 13.6. The van der Waals surface area contributed by atoms with E-state index in [9.17, 15) is 24.5 Å². The SMILES string of the molecule is O=C(Nc1cccc(SC(C(=O)Nc2cc(Cl)ccc2Cl)c2ccccc2)c1)/C(=C\c1ccc([N+](=O)[O-])cc1)NC(=O)c1ccccc1. The first-order valence-corrected chi connectivity index (χ1v) is 16.0. The highest BCUT2D eigenvalue weighted by atomic mass is 35.5. The Morgan fingerprint density at radius 1 is 0.771 bits per heavy atom. The van der Waals surface area contributed by atoms with Crippen LogP contribution in [0, 0.1) is 10.1 Å². The van der Waals surface area contributed by atoms with Gasteiger partial charge in [-0.25, -0.2) is 0 Å². The number of carbonyl (C=O) groups is 3. The van der Waals surface area contributed by atoms with Gasteiger partial charge in [-0.2, -0.15) is 0 Å². The summed E-state index contributed by atoms with van der Waals surface area (Å²) in [5.41, 5.74) is 2.11. The summed E-state index contributed by atoms with van der Waals surface area (Å²) in [7, 11) is 0. The van der Waals surface area contributed by atoms with Crippen molar-refractivity contribution in [3.8, 4) is 0 Å². The molecule has 0 aliphatic rings. The van der Waals surface area contributed by atoms with Crippen LogP contribution in [0.4, 0.5) is 17.1 Å². The average molecular weight is 698 g/mol. The van der Waals surface area contributed by atoms with Gasteiger partial charge in [-0.15, -0.1) is 11.8 Å². The molecule has 1 unspecified atom stereocenters. The van der Waals surface area contributed by atoms with E-state index in [1.54, 1.807) is 72.8 Å². The van der Waals surface area contributed by atoms with E-state index < -0.39 is 22.0 Å². The average Bonchev–Trinajstić information content (AvgIpc) is 3.09. The smallest absolute Gasteiger partial charge is 0.272 e. The van der Waals surface area contributed by atoms with E-state index >= 15 is 0 Å². The first kappa shape index (κ1) is 33.9. The van der Waals surface area contributed by atoms with E-state index in [0.717, 1.165) is 5.56 Å². The summed E-state index contributed by atoms with van der Waals surface area (Å²) in [6, 6.07) is 34.9. The molecule has 240 valence electrons. The number of non-ortho nitro benzene ring substituents is 1. The van der Waals surface area contributed by atoms with Gasteiger partial charge in [0.15, 0.2) is 0 Å². The number of amides is 3. The van der Waals surface area contributed by atoms with Gasteiger partial charge in [-0.3, -0.25) is 24.5 Å². The number of rotatable bonds is 11. The van der Waals surface area contributed by atoms with E-state index in [2.05, 4.69) is 16.0 Å². The molecule has 0 spiro atoms. The van der Waals surface area contributed by atoms with Crippen molar-refractivity contribution in [3.63, 3.8) is 0 Å². The van der Waals surface area contributed by atoms with Crippen LogP contribution >= 0.6 is 35.0 Å². The van der Waals surface area contributed by atoms with Crippen molar-refractivity contribution in [2.45, 2.75) is 10.1 Å². The summed E-state index contributed by atoms with van der Waals surface area (Å²) in [6.45, 7) is 0. The molecule has 3 N–H and O–H groups in total. The lowest BCUT2D eigenvalue weighted by Crippen LogP contribution is -2.30. The molecule has 5 rings (SSSR count). The van der Waals surface area contributed by atoms with Crippen molar-refractivity contribution < 1.29 is 19.3 Å². The third-order valence-electron chi connectivity index (χ3n) is 6.82. The van der Waals surface area contributed by atoms with Gasteiger partial charge in [-0.1, -0.05) is 77.8 Å². The zero-order chi connectivity index (χ0) is 34.0. The fraction of sp³-hybridized carbons (Fsp3) is 0.0278. The predicted octanol–water partition coefficient (Wildman–Crippen LogP) is 8.78. The van der Waals surface area contributed by atoms with Crippen LogP contribution in [0.5, 0.6) is 0 Å². The van der Waals surface area contributed by atoms with Gasteiger partial charge < -0.3 is 16.0 Å². The zero-order valence-corrected chi connectivity index (χ0v) is 27.3. The molecule has 5 aromatic carbocycles. The summed E-state index contributed by atoms with van der Waals surface area (Å²) in [4.78, 5) is 51.4. The second-order valence-electron chi connectivity index (χ2n) is 10.2. The first-order valence-electron chi connectivity index (χ1n) is 14.4. The summed E-state index contributed by atoms with van der Waals surface area (Å²) >= 11 is 13.7. The number of nitro benzene ring substituents is 1. The second-order valence-corrected chi connectivity index (χ2v) is 12.3. The van der Waals surface area contributed by atoms with E-state index in [1.165, 1.54) is 42.1 Å². The minimum atomic E-state index is -0.699. The van der Waals surface area contributed by atoms with Gasteiger partial charge in [0, 0.05) is 33.3 Å². The Morgan fingerprint density at radius 2 is 1.46 bits per heavy atom. The van der Waals surface area contributed by atoms with Crippen LogP contribution < -0.4 is 16.0 Å². The van der Waals surface area contributed by atoms with Crippen molar-refractivity contribution in [3.05, 3.63) is 170 Å². The van der Waals surface area contributed by atoms with Crippen molar-refractivity contribution in [2.75, 3.05) is 10.6 Å². The first-order chi connectivity index (χ1) is 23.2. The molecule has 48 heavy (non-hydrogen) atoms. The van der Waals surface area contributed by atoms with Crippen LogP contribution in [0.2, 0.25) is 10.0 Å². The van der Waals surface area contributed by atoms with Gasteiger partial charge in [0.05, 0.1) is 15.6 Å². The van der Waals surface area contributed by atoms with Gasteiger partial charge >= 0.3 is 0 Å². The minimum absolute atomic E-state index is 0.0873. The molecule has 3 amide bonds. The molecule has 0 aliphatic heterocycles. The summed E-state index contributed by atoms with van der Waals surface area (Å²) in [6.07, 6.45) is 1.43. The number of thioether (sulfide) groups is 1. The molecule has 0 aliphatic carbocycles. The van der Waals surface area contributed by atoms with Crippen LogP contribution in [-0.2, 0) is 9.59 Å². The Bertz CT molecular complexity index is 1990. The number of hydrogen-bond donors (Lipinski definition) is 3. The van der Waals surface area contributed by atoms with Crippen LogP contribution in [0.3, 0.4) is 0 Å². The van der Waals surface area contributed by atoms with E-state index in [4.69, 9.17) is 23.2 Å². The lowest BCUT2D eigenvalue weighted by molar-refractivity contribution is -0.384. The standard InChI is InChI=1S/C36H26Cl2N4O5S/c37-26-16-19-30(38)31(21-26)40-36(45)33(24-8-3-1-4-9-24)48-29-13-7-12-27(22-29)39-35(44)32(41-34(43)25-10-5-2-6-11-25)20-23-14-17-28(18-15-23)42(46)47/h1-22,33H,(H,39,44)(H,40,45)(H,41,43)/b32-20+. The van der Waals surface area contributed by atoms with E-state index in [0.29, 0.717) is 37.4 Å². The molecule has 0 saturated carbocycles. The van der Waals surface area contributed by atoms with Crippen LogP contribution in [-0.4, -0.2) is 22.6 Å². The molecule has 12 heteroatoms. The van der Waals surface area contributed by atoms with Gasteiger partial charge in [0.2, 0.25) is 5.91 Å². The van der Waals surface area contributed by atoms with Gasteiger partial charge in [0.25, 0.3) is 17.5 Å². The number of anilines is 2. The number of nitrogens with zero attached hydrogens (tertiary/aromatic N) is 1. The summed E-state index contributed by atoms with van der Waals surface area (Å²) in [5, 5.41) is 19.5. The molecule has 0 heterocycles. The minimum Gasteiger partial charge on any atom is -0.323 e. The monoisotopic (exact) mass is 696 g/mol. The number of nitrogens with one attached hydrogen (secondary N) is 3. The number of hydrogen-bond acceptors (Lipinski definition) is 6. The fourth-order valence-corrected chi connectivity index (χ4v) is 5.90. The van der Waals surface area contributed by atoms with E-state index in [-0.39, 0.29) is 17.3 Å². The second kappa shape index (κ2) is 15.9. The third-order valence-corrected chi connectivity index (χ3v) is 8.63. The van der Waals surface area contributed by atoms with Crippen molar-refractivity contribution >= 4 is 75.8 Å². The lowest BCUT2D eigenvalue weighted by atomic mass is 10.1. The highest BCUT2D eigenvalue weighted by Crippen LogP contribution is 2.38. The maximum absolute atomic E-state index is 13.6. The fourth-order valence-electron chi connectivity index (χ4n) is 4.48. The number of carbonyl (C=O) groups excluding carboxylic acids is 3. The predicted molar refractivity (Wildman–Crippen MR) is 190 cm³/mol. The number of benzene rings is 5. The Kier molecular flexibility index (Phi) is 11.3. The molecule has 0 fully saturated rings. The molecule has 0 radical (unpaired) electrons. The summed E-state index contributed by atoms with van der Waals surface area (Å²) < 4.78 is 0. The molecule has 9 nitrogen and oxygen atoms in total. The van der Waals surface area contributed by atoms with Gasteiger partial charge in [-0.05, 0) is 77.9 Å². The molecule has 0 saturated heterocycles. The number of nitro groups is 1. The largest absolute Gasteiger partial charge is 0.323 e. The molecule has 0 aromatic heterocycles. The van der Waals surface area contributed by atoms with Crippen molar-refractivity contribution in [1.82, 2.24) is 5.32 Å². The maximum Gasteiger partial charge on any atom is 0.272 e. The van der Waals surface area contributed by atoms with Crippen LogP contribution in [0.25, 0.3) is 6.08 Å². The van der Waals surface area contributed by atoms with Crippen molar-refractivity contribution in [2.24, 2.45) is 0 Å². The van der Waals surface area contributed by atoms with Crippen LogP contribution in [0.1, 0.15) is 26.7 Å². The van der Waals surface area contributed by atoms with Crippen molar-refractivity contribution in [1.29, 1.82) is 0 Å². The molecular formula is C36H26Cl2N4O5S. The topological polar surface area (TPSA) is 130 Å². The number of halogens is 2.